The molecule has 2 rings (SSSR count). The molecule has 0 aromatic heterocycles. The second-order valence-electron chi connectivity index (χ2n) is 4.45. The van der Waals surface area contributed by atoms with Gasteiger partial charge in [-0.15, -0.1) is 24.8 Å². The predicted molar refractivity (Wildman–Crippen MR) is 78.0 cm³/mol. The van der Waals surface area contributed by atoms with Crippen LogP contribution < -0.4 is 5.73 Å². The maximum Gasteiger partial charge on any atom is 0.0233 e. The molecule has 1 fully saturated rings. The van der Waals surface area contributed by atoms with Gasteiger partial charge < -0.3 is 5.73 Å². The molecule has 1 aliphatic rings. The molecular weight excluding hydrogens is 255 g/mol. The van der Waals surface area contributed by atoms with Gasteiger partial charge in [0.15, 0.2) is 0 Å². The maximum absolute atomic E-state index is 5.59. The second kappa shape index (κ2) is 8.76. The molecule has 1 heterocycles. The average Bonchev–Trinajstić information content (AvgIpc) is 2.68. The first-order valence-electron chi connectivity index (χ1n) is 5.85. The van der Waals surface area contributed by atoms with E-state index in [4.69, 9.17) is 5.73 Å². The number of nitrogens with two attached hydrogens (primary N) is 1. The van der Waals surface area contributed by atoms with Crippen LogP contribution in [0.15, 0.2) is 30.3 Å². The molecule has 98 valence electrons. The summed E-state index contributed by atoms with van der Waals surface area (Å²) in [4.78, 5) is 2.54. The highest BCUT2D eigenvalue weighted by molar-refractivity contribution is 5.85. The first kappa shape index (κ1) is 16.7. The van der Waals surface area contributed by atoms with Gasteiger partial charge in [-0.25, -0.2) is 0 Å². The lowest BCUT2D eigenvalue weighted by atomic mass is 10.1. The Kier molecular flexibility index (Phi) is 8.61. The molecule has 0 bridgehead atoms. The monoisotopic (exact) mass is 276 g/mol. The third-order valence-corrected chi connectivity index (χ3v) is 3.19. The number of benzene rings is 1. The Balaban J connectivity index is 0.00000128. The van der Waals surface area contributed by atoms with E-state index in [1.54, 1.807) is 0 Å². The number of halogens is 2. The van der Waals surface area contributed by atoms with Crippen LogP contribution in [-0.4, -0.2) is 24.5 Å². The van der Waals surface area contributed by atoms with Crippen LogP contribution in [0.4, 0.5) is 0 Å². The van der Waals surface area contributed by atoms with Crippen LogP contribution >= 0.6 is 24.8 Å². The third kappa shape index (κ3) is 5.26. The van der Waals surface area contributed by atoms with Crippen molar-refractivity contribution in [3.05, 3.63) is 35.9 Å². The summed E-state index contributed by atoms with van der Waals surface area (Å²) in [7, 11) is 0. The fourth-order valence-electron chi connectivity index (χ4n) is 2.37. The Hall–Kier alpha value is -0.280. The van der Waals surface area contributed by atoms with Gasteiger partial charge in [-0.2, -0.15) is 0 Å². The molecule has 1 atom stereocenters. The number of nitrogens with zero attached hydrogens (tertiary/aromatic N) is 1. The van der Waals surface area contributed by atoms with E-state index in [9.17, 15) is 0 Å². The topological polar surface area (TPSA) is 29.3 Å². The van der Waals surface area contributed by atoms with E-state index in [1.165, 1.54) is 31.5 Å². The van der Waals surface area contributed by atoms with Crippen molar-refractivity contribution in [2.24, 2.45) is 11.7 Å². The zero-order valence-corrected chi connectivity index (χ0v) is 11.7. The Morgan fingerprint density at radius 1 is 1.18 bits per heavy atom. The van der Waals surface area contributed by atoms with Crippen LogP contribution in [0.3, 0.4) is 0 Å². The highest BCUT2D eigenvalue weighted by Crippen LogP contribution is 2.20. The van der Waals surface area contributed by atoms with E-state index in [-0.39, 0.29) is 24.8 Å². The minimum atomic E-state index is 0. The van der Waals surface area contributed by atoms with Crippen LogP contribution in [0, 0.1) is 5.92 Å². The second-order valence-corrected chi connectivity index (χ2v) is 4.45. The summed E-state index contributed by atoms with van der Waals surface area (Å²) in [6, 6.07) is 10.7. The van der Waals surface area contributed by atoms with E-state index in [0.717, 1.165) is 19.0 Å². The van der Waals surface area contributed by atoms with E-state index in [2.05, 4.69) is 35.2 Å². The van der Waals surface area contributed by atoms with Crippen LogP contribution in [-0.2, 0) is 6.54 Å². The summed E-state index contributed by atoms with van der Waals surface area (Å²) in [6.07, 6.45) is 2.51. The lowest BCUT2D eigenvalue weighted by Gasteiger charge is -2.15. The normalized spacial score (nSPS) is 19.5. The molecule has 2 N–H and O–H groups in total. The summed E-state index contributed by atoms with van der Waals surface area (Å²) < 4.78 is 0. The summed E-state index contributed by atoms with van der Waals surface area (Å²) in [5, 5.41) is 0. The van der Waals surface area contributed by atoms with Gasteiger partial charge in [0.1, 0.15) is 0 Å². The van der Waals surface area contributed by atoms with Crippen molar-refractivity contribution in [3.8, 4) is 0 Å². The molecule has 0 spiro atoms. The smallest absolute Gasteiger partial charge is 0.0233 e. The van der Waals surface area contributed by atoms with Crippen molar-refractivity contribution >= 4 is 24.8 Å². The van der Waals surface area contributed by atoms with E-state index in [0.29, 0.717) is 0 Å². The summed E-state index contributed by atoms with van der Waals surface area (Å²) in [5.41, 5.74) is 7.01. The molecule has 1 unspecified atom stereocenters. The van der Waals surface area contributed by atoms with Gasteiger partial charge in [-0.1, -0.05) is 30.3 Å². The Labute approximate surface area is 116 Å². The fraction of sp³-hybridized carbons (Fsp3) is 0.538. The van der Waals surface area contributed by atoms with Gasteiger partial charge in [0.05, 0.1) is 0 Å². The van der Waals surface area contributed by atoms with Crippen LogP contribution in [0.1, 0.15) is 18.4 Å². The van der Waals surface area contributed by atoms with Gasteiger partial charge in [0.2, 0.25) is 0 Å². The number of hydrogen-bond acceptors (Lipinski definition) is 2. The van der Waals surface area contributed by atoms with Gasteiger partial charge >= 0.3 is 0 Å². The highest BCUT2D eigenvalue weighted by Gasteiger charge is 2.21. The van der Waals surface area contributed by atoms with Crippen molar-refractivity contribution in [1.82, 2.24) is 4.90 Å². The number of rotatable bonds is 4. The summed E-state index contributed by atoms with van der Waals surface area (Å²) >= 11 is 0. The fourth-order valence-corrected chi connectivity index (χ4v) is 2.37. The first-order valence-corrected chi connectivity index (χ1v) is 5.85. The maximum atomic E-state index is 5.59. The first-order chi connectivity index (χ1) is 7.38. The molecule has 1 aromatic rings. The highest BCUT2D eigenvalue weighted by atomic mass is 35.5. The molecular formula is C13H22Cl2N2. The molecule has 17 heavy (non-hydrogen) atoms. The van der Waals surface area contributed by atoms with Crippen molar-refractivity contribution in [2.75, 3.05) is 19.6 Å². The molecule has 1 saturated heterocycles. The van der Waals surface area contributed by atoms with E-state index >= 15 is 0 Å². The quantitative estimate of drug-likeness (QED) is 0.917. The van der Waals surface area contributed by atoms with Crippen molar-refractivity contribution in [3.63, 3.8) is 0 Å². The van der Waals surface area contributed by atoms with Crippen LogP contribution in [0.5, 0.6) is 0 Å². The zero-order valence-electron chi connectivity index (χ0n) is 10.0. The molecule has 1 aromatic carbocycles. The summed E-state index contributed by atoms with van der Waals surface area (Å²) in [6.45, 7) is 4.40. The van der Waals surface area contributed by atoms with Crippen molar-refractivity contribution in [1.29, 1.82) is 0 Å². The lowest BCUT2D eigenvalue weighted by molar-refractivity contribution is 0.314. The molecule has 2 nitrogen and oxygen atoms in total. The summed E-state index contributed by atoms with van der Waals surface area (Å²) in [5.74, 6) is 0.832. The minimum absolute atomic E-state index is 0. The third-order valence-electron chi connectivity index (χ3n) is 3.19. The Bertz CT molecular complexity index is 293. The SMILES string of the molecule is Cl.Cl.NCCC1CCN(Cc2ccccc2)C1. The van der Waals surface area contributed by atoms with Crippen LogP contribution in [0.2, 0.25) is 0 Å². The molecule has 4 heteroatoms. The molecule has 0 amide bonds. The number of hydrogen-bond donors (Lipinski definition) is 1. The molecule has 0 saturated carbocycles. The van der Waals surface area contributed by atoms with Gasteiger partial charge in [0, 0.05) is 13.1 Å². The van der Waals surface area contributed by atoms with Gasteiger partial charge in [-0.3, -0.25) is 4.90 Å². The Morgan fingerprint density at radius 2 is 1.88 bits per heavy atom. The number of likely N-dealkylation sites (tertiary alicyclic amines) is 1. The van der Waals surface area contributed by atoms with Gasteiger partial charge in [-0.05, 0) is 37.4 Å². The van der Waals surface area contributed by atoms with Crippen LogP contribution in [0.25, 0.3) is 0 Å². The average molecular weight is 277 g/mol. The molecule has 0 aliphatic carbocycles. The predicted octanol–water partition coefficient (Wildman–Crippen LogP) is 2.70. The van der Waals surface area contributed by atoms with Crippen molar-refractivity contribution in [2.45, 2.75) is 19.4 Å². The van der Waals surface area contributed by atoms with Gasteiger partial charge in [0.25, 0.3) is 0 Å². The standard InChI is InChI=1S/C13H20N2.2ClH/c14-8-6-13-7-9-15(11-13)10-12-4-2-1-3-5-12;;/h1-5,13H,6-11,14H2;2*1H. The molecule has 1 aliphatic heterocycles. The van der Waals surface area contributed by atoms with E-state index in [1.807, 2.05) is 0 Å². The van der Waals surface area contributed by atoms with E-state index < -0.39 is 0 Å². The lowest BCUT2D eigenvalue weighted by Crippen LogP contribution is -2.20. The molecule has 0 radical (unpaired) electrons. The zero-order chi connectivity index (χ0) is 10.5. The largest absolute Gasteiger partial charge is 0.330 e. The minimum Gasteiger partial charge on any atom is -0.330 e. The Morgan fingerprint density at radius 3 is 2.53 bits per heavy atom. The van der Waals surface area contributed by atoms with Crippen molar-refractivity contribution < 1.29 is 0 Å².